The van der Waals surface area contributed by atoms with Gasteiger partial charge in [0.05, 0.1) is 12.5 Å². The second-order valence-electron chi connectivity index (χ2n) is 9.35. The van der Waals surface area contributed by atoms with Crippen molar-refractivity contribution in [1.29, 1.82) is 0 Å². The molecule has 0 aliphatic heterocycles. The maximum absolute atomic E-state index is 10.6. The molecule has 0 aliphatic carbocycles. The Kier molecular flexibility index (Phi) is 48.6. The van der Waals surface area contributed by atoms with Crippen LogP contribution in [0.15, 0.2) is 48.5 Å². The number of benzene rings is 2. The van der Waals surface area contributed by atoms with Gasteiger partial charge in [-0.25, -0.2) is 4.79 Å². The Morgan fingerprint density at radius 1 is 0.750 bits per heavy atom. The average Bonchev–Trinajstić information content (AvgIpc) is 3.06. The van der Waals surface area contributed by atoms with Gasteiger partial charge in [-0.2, -0.15) is 0 Å². The summed E-state index contributed by atoms with van der Waals surface area (Å²) in [4.78, 5) is 62.5. The fourth-order valence-electron chi connectivity index (χ4n) is 3.06. The Morgan fingerprint density at radius 2 is 1.10 bits per heavy atom. The van der Waals surface area contributed by atoms with Gasteiger partial charge in [-0.05, 0) is 62.9 Å². The van der Waals surface area contributed by atoms with E-state index in [-0.39, 0.29) is 46.6 Å². The number of hydrogen-bond acceptors (Lipinski definition) is 12. The molecule has 2 rings (SSSR count). The van der Waals surface area contributed by atoms with Crippen LogP contribution in [0.5, 0.6) is 11.5 Å². The molecule has 0 radical (unpaired) electrons. The summed E-state index contributed by atoms with van der Waals surface area (Å²) in [5, 5.41) is 35.9. The van der Waals surface area contributed by atoms with E-state index in [1.54, 1.807) is 18.2 Å². The maximum atomic E-state index is 10.6. The van der Waals surface area contributed by atoms with E-state index in [4.69, 9.17) is 32.5 Å². The van der Waals surface area contributed by atoms with Crippen molar-refractivity contribution in [2.75, 3.05) is 13.1 Å². The fraction of sp³-hybridized carbons (Fsp3) is 0.400. The Morgan fingerprint density at radius 3 is 1.40 bits per heavy atom. The number of quaternary nitrogens is 1. The molecular weight excluding hydrogens is 1370 g/mol. The van der Waals surface area contributed by atoms with Crippen molar-refractivity contribution in [1.82, 2.24) is 0 Å². The molecule has 2 aromatic rings. The number of carboxylic acid groups (broad SMARTS) is 4. The number of unbranched alkanes of at least 4 members (excludes halogenated alkanes) is 2. The van der Waals surface area contributed by atoms with Crippen molar-refractivity contribution >= 4 is 134 Å². The molecule has 0 saturated heterocycles. The van der Waals surface area contributed by atoms with Crippen molar-refractivity contribution in [3.8, 4) is 11.5 Å². The number of esters is 2. The number of halogens is 6. The number of aliphatic carboxylic acids is 2. The quantitative estimate of drug-likeness (QED) is 0.0596. The molecule has 2 aromatic carbocycles. The number of carbonyl (C=O) groups excluding carboxylic acids is 3. The van der Waals surface area contributed by atoms with Crippen LogP contribution in [0.1, 0.15) is 73.1 Å². The molecule has 300 valence electrons. The first kappa shape index (κ1) is 60.7. The van der Waals surface area contributed by atoms with Gasteiger partial charge in [0.15, 0.2) is 0 Å². The molecule has 0 aliphatic rings. The van der Waals surface area contributed by atoms with E-state index in [1.165, 1.54) is 44.2 Å². The first-order valence-electron chi connectivity index (χ1n) is 14.5. The summed E-state index contributed by atoms with van der Waals surface area (Å²) in [6, 6.07) is 10.4. The minimum absolute atomic E-state index is 0. The van der Waals surface area contributed by atoms with E-state index >= 15 is 0 Å². The summed E-state index contributed by atoms with van der Waals surface area (Å²) in [5.74, 6) is -5.34. The second kappa shape index (κ2) is 41.6. The summed E-state index contributed by atoms with van der Waals surface area (Å²) in [6.45, 7) is 3.88. The molecule has 0 heterocycles. The Labute approximate surface area is 373 Å². The standard InChI is InChI=1S/2C9H8O4.2C6H14N2O2.I3.I2.HI/c2*1-6(10)13-8-5-3-2-4-7(8)9(11)12;2*7-4-2-1-3-5(8)6(9)10;1-3-2;1-2;/h2*2-5H,1H3,(H,11,12);2*5H,1-4,7-8H2,(H,9,10);;;1H/q;;;;-1;;. The Balaban J connectivity index is -0.000000181. The zero-order chi connectivity index (χ0) is 40.4. The van der Waals surface area contributed by atoms with Crippen LogP contribution in [0.2, 0.25) is 0 Å². The fourth-order valence-corrected chi connectivity index (χ4v) is 3.06. The van der Waals surface area contributed by atoms with E-state index in [1.807, 2.05) is 0 Å². The summed E-state index contributed by atoms with van der Waals surface area (Å²) < 4.78 is 9.33. The average molecular weight is 1420 g/mol. The minimum atomic E-state index is -1.36. The van der Waals surface area contributed by atoms with E-state index in [9.17, 15) is 33.9 Å². The third kappa shape index (κ3) is 37.8. The van der Waals surface area contributed by atoms with Crippen LogP contribution in [0, 0.1) is 0 Å². The van der Waals surface area contributed by atoms with Crippen LogP contribution in [0.3, 0.4) is 0 Å². The minimum Gasteiger partial charge on any atom is -0.480 e. The molecule has 0 spiro atoms. The molecule has 52 heavy (non-hydrogen) atoms. The van der Waals surface area contributed by atoms with Gasteiger partial charge in [0.2, 0.25) is 0 Å². The van der Waals surface area contributed by atoms with Crippen LogP contribution in [-0.4, -0.2) is 76.3 Å². The smallest absolute Gasteiger partial charge is 0.320 e. The number of carboxylic acids is 4. The molecule has 0 amide bonds. The normalized spacial score (nSPS) is 10.2. The summed E-state index contributed by atoms with van der Waals surface area (Å²) >= 11 is 9.54. The zero-order valence-corrected chi connectivity index (χ0v) is 41.3. The predicted molar refractivity (Wildman–Crippen MR) is 234 cm³/mol. The maximum Gasteiger partial charge on any atom is 0.320 e. The van der Waals surface area contributed by atoms with Gasteiger partial charge in [-0.15, -0.1) is 24.0 Å². The molecule has 0 saturated carbocycles. The molecule has 16 nitrogen and oxygen atoms in total. The number of para-hydroxylation sites is 2. The van der Waals surface area contributed by atoms with Gasteiger partial charge in [0.1, 0.15) is 29.1 Å². The summed E-state index contributed by atoms with van der Waals surface area (Å²) in [7, 11) is 0. The van der Waals surface area contributed by atoms with Crippen LogP contribution < -0.4 is 50.8 Å². The number of ether oxygens (including phenoxy) is 2. The number of carbonyl (C=O) groups is 6. The predicted octanol–water partition coefficient (Wildman–Crippen LogP) is 0.788. The van der Waals surface area contributed by atoms with Gasteiger partial charge in [0.25, 0.3) is 0 Å². The first-order valence-corrected chi connectivity index (χ1v) is 33.3. The van der Waals surface area contributed by atoms with Crippen molar-refractivity contribution in [3.63, 3.8) is 0 Å². The number of hydrogen-bond donors (Lipinski definition) is 7. The monoisotopic (exact) mass is 1410 g/mol. The molecule has 0 fully saturated rings. The SMILES string of the molecule is CC(=O)Oc1ccccc1C(=O)O.CC(=O)Oc1ccccc1C(=O)[O-].I.II.I[I-]I.NC(CCCC[NH3+])C(=O)O.NCCCCC(N)C(=O)O. The van der Waals surface area contributed by atoms with E-state index in [2.05, 4.69) is 89.7 Å². The van der Waals surface area contributed by atoms with Gasteiger partial charge >= 0.3 is 80.3 Å². The third-order valence-electron chi connectivity index (χ3n) is 5.35. The van der Waals surface area contributed by atoms with E-state index < -0.39 is 47.9 Å². The van der Waals surface area contributed by atoms with Crippen LogP contribution >= 0.6 is 98.4 Å². The zero-order valence-electron chi connectivity index (χ0n) is 28.2. The topological polar surface area (TPSA) is 310 Å². The third-order valence-corrected chi connectivity index (χ3v) is 5.35. The molecule has 2 unspecified atom stereocenters. The van der Waals surface area contributed by atoms with E-state index in [0.717, 1.165) is 32.2 Å². The Hall–Kier alpha value is -0.520. The van der Waals surface area contributed by atoms with Crippen LogP contribution in [-0.2, 0) is 19.2 Å². The van der Waals surface area contributed by atoms with Gasteiger partial charge < -0.3 is 57.6 Å². The van der Waals surface area contributed by atoms with Crippen molar-refractivity contribution < 1.29 is 77.7 Å². The number of nitrogens with two attached hydrogens (primary N) is 3. The molecule has 22 heteroatoms. The number of aromatic carboxylic acids is 2. The summed E-state index contributed by atoms with van der Waals surface area (Å²) in [5.41, 5.74) is 19.2. The first-order chi connectivity index (χ1) is 24.0. The van der Waals surface area contributed by atoms with Crippen molar-refractivity contribution in [2.45, 2.75) is 64.5 Å². The molecule has 0 aromatic heterocycles. The van der Waals surface area contributed by atoms with Crippen LogP contribution in [0.25, 0.3) is 0 Å². The largest absolute Gasteiger partial charge is 0.480 e. The second-order valence-corrected chi connectivity index (χ2v) is 25.6. The molecule has 2 atom stereocenters. The summed E-state index contributed by atoms with van der Waals surface area (Å²) in [6.07, 6.45) is 4.54. The molecule has 12 N–H and O–H groups in total. The van der Waals surface area contributed by atoms with Gasteiger partial charge in [-0.1, -0.05) is 30.7 Å². The molecular formula is C30H45I6N4O12-. The molecule has 0 bridgehead atoms. The van der Waals surface area contributed by atoms with E-state index in [0.29, 0.717) is 32.6 Å². The number of rotatable bonds is 14. The van der Waals surface area contributed by atoms with Crippen molar-refractivity contribution in [3.05, 3.63) is 59.7 Å². The van der Waals surface area contributed by atoms with Crippen LogP contribution in [0.4, 0.5) is 0 Å². The van der Waals surface area contributed by atoms with Gasteiger partial charge in [0, 0.05) is 56.6 Å². The van der Waals surface area contributed by atoms with Gasteiger partial charge in [-0.3, -0.25) is 19.2 Å². The Bertz CT molecular complexity index is 1200. The van der Waals surface area contributed by atoms with Crippen molar-refractivity contribution in [2.24, 2.45) is 17.2 Å².